The summed E-state index contributed by atoms with van der Waals surface area (Å²) in [5.41, 5.74) is -0.865. The number of fused-ring (bicyclic) bond motifs is 2. The summed E-state index contributed by atoms with van der Waals surface area (Å²) in [6.45, 7) is 0.288. The zero-order chi connectivity index (χ0) is 25.3. The first-order valence-electron chi connectivity index (χ1n) is 10.8. The Labute approximate surface area is 198 Å². The minimum Gasteiger partial charge on any atom is -0.492 e. The van der Waals surface area contributed by atoms with Gasteiger partial charge in [0.25, 0.3) is 11.8 Å². The van der Waals surface area contributed by atoms with Crippen molar-refractivity contribution >= 4 is 34.2 Å². The van der Waals surface area contributed by atoms with Gasteiger partial charge >= 0.3 is 12.6 Å². The Balaban J connectivity index is 1.86. The van der Waals surface area contributed by atoms with Crippen LogP contribution in [0.3, 0.4) is 0 Å². The van der Waals surface area contributed by atoms with Gasteiger partial charge < -0.3 is 14.2 Å². The monoisotopic (exact) mass is 487 g/mol. The van der Waals surface area contributed by atoms with Crippen molar-refractivity contribution in [3.63, 3.8) is 0 Å². The normalized spacial score (nSPS) is 12.9. The molecule has 0 saturated heterocycles. The number of hydrogen-bond acceptors (Lipinski definition) is 6. The number of benzene rings is 3. The zero-order valence-electron chi connectivity index (χ0n) is 18.8. The first kappa shape index (κ1) is 24.1. The molecule has 3 aromatic carbocycles. The Morgan fingerprint density at radius 3 is 2.14 bits per heavy atom. The van der Waals surface area contributed by atoms with Crippen molar-refractivity contribution in [2.75, 3.05) is 18.1 Å². The van der Waals surface area contributed by atoms with E-state index in [1.165, 1.54) is 18.2 Å². The molecule has 0 aromatic heterocycles. The first-order chi connectivity index (χ1) is 16.8. The van der Waals surface area contributed by atoms with E-state index >= 15 is 4.39 Å². The Bertz CT molecular complexity index is 1340. The molecule has 0 bridgehead atoms. The smallest absolute Gasteiger partial charge is 0.387 e. The number of carbonyl (C=O) groups is 3. The van der Waals surface area contributed by atoms with Crippen molar-refractivity contribution < 1.29 is 41.8 Å². The van der Waals surface area contributed by atoms with Gasteiger partial charge in [0, 0.05) is 10.8 Å². The number of ether oxygens (including phenoxy) is 3. The Morgan fingerprint density at radius 2 is 1.57 bits per heavy atom. The lowest BCUT2D eigenvalue weighted by Gasteiger charge is -2.16. The molecule has 1 heterocycles. The van der Waals surface area contributed by atoms with Crippen molar-refractivity contribution in [1.82, 2.24) is 0 Å². The van der Waals surface area contributed by atoms with Gasteiger partial charge in [0.15, 0.2) is 0 Å². The fourth-order valence-corrected chi connectivity index (χ4v) is 4.04. The quantitative estimate of drug-likeness (QED) is 0.333. The fourth-order valence-electron chi connectivity index (χ4n) is 4.04. The van der Waals surface area contributed by atoms with Gasteiger partial charge in [-0.15, -0.1) is 0 Å². The SMILES string of the molecule is CCOC(=O)Cc1ccc(N2C(=O)c3c(c(OC(F)F)c4ccccc4c3OCC)C2=O)c(F)c1. The third-order valence-corrected chi connectivity index (χ3v) is 5.36. The molecule has 0 N–H and O–H groups in total. The molecular formula is C25H20F3NO6. The maximum absolute atomic E-state index is 15.1. The number of rotatable bonds is 8. The van der Waals surface area contributed by atoms with Crippen LogP contribution in [0.2, 0.25) is 0 Å². The van der Waals surface area contributed by atoms with E-state index in [4.69, 9.17) is 9.47 Å². The van der Waals surface area contributed by atoms with Gasteiger partial charge in [-0.1, -0.05) is 30.3 Å². The predicted molar refractivity (Wildman–Crippen MR) is 120 cm³/mol. The Morgan fingerprint density at radius 1 is 0.943 bits per heavy atom. The van der Waals surface area contributed by atoms with Crippen LogP contribution in [0.1, 0.15) is 40.1 Å². The molecule has 0 atom stereocenters. The molecule has 35 heavy (non-hydrogen) atoms. The first-order valence-corrected chi connectivity index (χ1v) is 10.8. The highest BCUT2D eigenvalue weighted by Crippen LogP contribution is 2.46. The molecule has 10 heteroatoms. The molecule has 0 spiro atoms. The second-order valence-corrected chi connectivity index (χ2v) is 7.48. The highest BCUT2D eigenvalue weighted by atomic mass is 19.3. The molecule has 4 rings (SSSR count). The molecular weight excluding hydrogens is 467 g/mol. The average molecular weight is 487 g/mol. The summed E-state index contributed by atoms with van der Waals surface area (Å²) in [6, 6.07) is 9.72. The Hall–Kier alpha value is -4.08. The number of imide groups is 1. The van der Waals surface area contributed by atoms with E-state index in [1.807, 2.05) is 0 Å². The molecule has 0 unspecified atom stereocenters. The van der Waals surface area contributed by atoms with Gasteiger partial charge in [-0.25, -0.2) is 9.29 Å². The molecule has 0 radical (unpaired) electrons. The van der Waals surface area contributed by atoms with Crippen LogP contribution in [0.4, 0.5) is 18.9 Å². The molecule has 1 aliphatic heterocycles. The third-order valence-electron chi connectivity index (χ3n) is 5.36. The summed E-state index contributed by atoms with van der Waals surface area (Å²) in [7, 11) is 0. The number of amides is 2. The molecule has 0 aliphatic carbocycles. The lowest BCUT2D eigenvalue weighted by atomic mass is 9.99. The lowest BCUT2D eigenvalue weighted by molar-refractivity contribution is -0.142. The second-order valence-electron chi connectivity index (χ2n) is 7.48. The van der Waals surface area contributed by atoms with E-state index in [2.05, 4.69) is 4.74 Å². The zero-order valence-corrected chi connectivity index (χ0v) is 18.8. The summed E-state index contributed by atoms with van der Waals surface area (Å²) < 4.78 is 56.9. The molecule has 7 nitrogen and oxygen atoms in total. The number of hydrogen-bond donors (Lipinski definition) is 0. The number of alkyl halides is 2. The van der Waals surface area contributed by atoms with Crippen LogP contribution in [0, 0.1) is 5.82 Å². The topological polar surface area (TPSA) is 82.1 Å². The second kappa shape index (κ2) is 9.65. The summed E-state index contributed by atoms with van der Waals surface area (Å²) in [6.07, 6.45) is -0.209. The third kappa shape index (κ3) is 4.27. The molecule has 182 valence electrons. The number of esters is 1. The van der Waals surface area contributed by atoms with E-state index in [0.717, 1.165) is 6.07 Å². The fraction of sp³-hybridized carbons (Fsp3) is 0.240. The molecule has 2 amide bonds. The van der Waals surface area contributed by atoms with E-state index < -0.39 is 47.2 Å². The molecule has 0 saturated carbocycles. The minimum absolute atomic E-state index is 0.0138. The van der Waals surface area contributed by atoms with Crippen LogP contribution in [0.5, 0.6) is 11.5 Å². The van der Waals surface area contributed by atoms with Gasteiger partial charge in [-0.3, -0.25) is 14.4 Å². The van der Waals surface area contributed by atoms with Crippen molar-refractivity contribution in [2.45, 2.75) is 26.9 Å². The van der Waals surface area contributed by atoms with Crippen molar-refractivity contribution in [2.24, 2.45) is 0 Å². The average Bonchev–Trinajstić information content (AvgIpc) is 3.06. The standard InChI is InChI=1S/C25H20F3NO6/c1-3-33-18(30)12-13-9-10-17(16(26)11-13)29-23(31)19-20(24(29)32)22(35-25(27)28)15-8-6-5-7-14(15)21(19)34-4-2/h5-11,25H,3-4,12H2,1-2H3. The van der Waals surface area contributed by atoms with Crippen LogP contribution >= 0.6 is 0 Å². The highest BCUT2D eigenvalue weighted by molar-refractivity contribution is 6.38. The maximum atomic E-state index is 15.1. The van der Waals surface area contributed by atoms with E-state index in [1.54, 1.807) is 32.0 Å². The van der Waals surface area contributed by atoms with Gasteiger partial charge in [0.1, 0.15) is 17.3 Å². The molecule has 3 aromatic rings. The van der Waals surface area contributed by atoms with Crippen molar-refractivity contribution in [1.29, 1.82) is 0 Å². The highest BCUT2D eigenvalue weighted by Gasteiger charge is 2.44. The van der Waals surface area contributed by atoms with Crippen LogP contribution in [-0.4, -0.2) is 37.6 Å². The van der Waals surface area contributed by atoms with Gasteiger partial charge in [0.2, 0.25) is 0 Å². The molecule has 0 fully saturated rings. The predicted octanol–water partition coefficient (Wildman–Crippen LogP) is 4.89. The summed E-state index contributed by atoms with van der Waals surface area (Å²) in [5.74, 6) is -3.99. The van der Waals surface area contributed by atoms with Crippen molar-refractivity contribution in [3.8, 4) is 11.5 Å². The Kier molecular flexibility index (Phi) is 6.63. The van der Waals surface area contributed by atoms with Crippen LogP contribution in [0.25, 0.3) is 10.8 Å². The van der Waals surface area contributed by atoms with Gasteiger partial charge in [0.05, 0.1) is 36.4 Å². The number of halogens is 3. The van der Waals surface area contributed by atoms with Crippen LogP contribution in [-0.2, 0) is 16.0 Å². The van der Waals surface area contributed by atoms with E-state index in [0.29, 0.717) is 4.90 Å². The van der Waals surface area contributed by atoms with Crippen LogP contribution < -0.4 is 14.4 Å². The summed E-state index contributed by atoms with van der Waals surface area (Å²) >= 11 is 0. The summed E-state index contributed by atoms with van der Waals surface area (Å²) in [4.78, 5) is 39.1. The largest absolute Gasteiger partial charge is 0.492 e. The van der Waals surface area contributed by atoms with Crippen molar-refractivity contribution in [3.05, 3.63) is 65.0 Å². The van der Waals surface area contributed by atoms with Gasteiger partial charge in [-0.05, 0) is 31.5 Å². The van der Waals surface area contributed by atoms with E-state index in [-0.39, 0.29) is 47.3 Å². The van der Waals surface area contributed by atoms with Crippen LogP contribution in [0.15, 0.2) is 42.5 Å². The maximum Gasteiger partial charge on any atom is 0.387 e. The number of anilines is 1. The van der Waals surface area contributed by atoms with Gasteiger partial charge in [-0.2, -0.15) is 8.78 Å². The van der Waals surface area contributed by atoms with E-state index in [9.17, 15) is 23.2 Å². The molecule has 1 aliphatic rings. The number of carbonyl (C=O) groups excluding carboxylic acids is 3. The number of nitrogens with zero attached hydrogens (tertiary/aromatic N) is 1. The summed E-state index contributed by atoms with van der Waals surface area (Å²) in [5, 5.41) is 0.431. The minimum atomic E-state index is -3.28. The lowest BCUT2D eigenvalue weighted by Crippen LogP contribution is -2.30.